The zero-order valence-electron chi connectivity index (χ0n) is 7.14. The van der Waals surface area contributed by atoms with Gasteiger partial charge in [0.1, 0.15) is 6.42 Å². The van der Waals surface area contributed by atoms with E-state index in [4.69, 9.17) is 4.74 Å². The van der Waals surface area contributed by atoms with Crippen LogP contribution >= 0.6 is 0 Å². The van der Waals surface area contributed by atoms with Gasteiger partial charge in [0.25, 0.3) is 0 Å². The predicted molar refractivity (Wildman–Crippen MR) is 40.7 cm³/mol. The lowest BCUT2D eigenvalue weighted by Crippen LogP contribution is -2.18. The highest BCUT2D eigenvalue weighted by Crippen LogP contribution is 2.12. The second-order valence-electron chi connectivity index (χ2n) is 3.54. The fourth-order valence-corrected chi connectivity index (χ4v) is 0.407. The second-order valence-corrected chi connectivity index (χ2v) is 3.54. The smallest absolute Gasteiger partial charge is 0.313 e. The van der Waals surface area contributed by atoms with Crippen LogP contribution in [0, 0.1) is 5.41 Å². The first kappa shape index (κ1) is 10.1. The highest BCUT2D eigenvalue weighted by atomic mass is 16.5. The van der Waals surface area contributed by atoms with Crippen molar-refractivity contribution in [1.82, 2.24) is 0 Å². The Labute approximate surface area is 66.7 Å². The molecule has 1 radical (unpaired) electrons. The van der Waals surface area contributed by atoms with Crippen molar-refractivity contribution >= 4 is 12.3 Å². The molecule has 0 saturated heterocycles. The normalized spacial score (nSPS) is 10.8. The quantitative estimate of drug-likeness (QED) is 0.454. The molecular formula is C8H13O3. The van der Waals surface area contributed by atoms with E-state index in [1.807, 2.05) is 20.8 Å². The average Bonchev–Trinajstić information content (AvgIpc) is 1.83. The van der Waals surface area contributed by atoms with E-state index in [9.17, 15) is 9.59 Å². The van der Waals surface area contributed by atoms with Crippen molar-refractivity contribution in [2.24, 2.45) is 5.41 Å². The van der Waals surface area contributed by atoms with Crippen molar-refractivity contribution in [2.45, 2.75) is 27.2 Å². The third-order valence-corrected chi connectivity index (χ3v) is 0.883. The minimum absolute atomic E-state index is 0.0431. The molecule has 0 fully saturated rings. The topological polar surface area (TPSA) is 43.4 Å². The summed E-state index contributed by atoms with van der Waals surface area (Å²) >= 11 is 0. The summed E-state index contributed by atoms with van der Waals surface area (Å²) in [7, 11) is 0. The summed E-state index contributed by atoms with van der Waals surface area (Å²) in [4.78, 5) is 20.3. The Balaban J connectivity index is 3.54. The van der Waals surface area contributed by atoms with Gasteiger partial charge in [-0.1, -0.05) is 20.8 Å². The molecule has 0 aromatic rings. The SMILES string of the molecule is CC(C)(C)COC(=O)C[C]=O. The fourth-order valence-electron chi connectivity index (χ4n) is 0.407. The van der Waals surface area contributed by atoms with E-state index in [0.717, 1.165) is 0 Å². The molecule has 3 heteroatoms. The molecule has 0 aromatic carbocycles. The molecule has 0 N–H and O–H groups in total. The first-order valence-electron chi connectivity index (χ1n) is 3.46. The predicted octanol–water partition coefficient (Wildman–Crippen LogP) is 1.08. The molecule has 0 bridgehead atoms. The summed E-state index contributed by atoms with van der Waals surface area (Å²) in [5.74, 6) is -0.505. The van der Waals surface area contributed by atoms with E-state index in [2.05, 4.69) is 0 Å². The molecule has 63 valence electrons. The maximum atomic E-state index is 10.6. The molecule has 0 rings (SSSR count). The maximum Gasteiger partial charge on any atom is 0.313 e. The largest absolute Gasteiger partial charge is 0.465 e. The van der Waals surface area contributed by atoms with Crippen molar-refractivity contribution in [3.05, 3.63) is 0 Å². The number of ether oxygens (including phenoxy) is 1. The van der Waals surface area contributed by atoms with Crippen molar-refractivity contribution in [1.29, 1.82) is 0 Å². The number of carbonyl (C=O) groups is 1. The molecule has 0 unspecified atom stereocenters. The zero-order valence-corrected chi connectivity index (χ0v) is 7.14. The average molecular weight is 157 g/mol. The molecule has 0 aliphatic carbocycles. The number of rotatable bonds is 3. The Morgan fingerprint density at radius 1 is 1.45 bits per heavy atom. The van der Waals surface area contributed by atoms with Gasteiger partial charge in [-0.3, -0.25) is 9.59 Å². The third-order valence-electron chi connectivity index (χ3n) is 0.883. The molecular weight excluding hydrogens is 144 g/mol. The van der Waals surface area contributed by atoms with Gasteiger partial charge in [-0.2, -0.15) is 0 Å². The Hall–Kier alpha value is -0.860. The zero-order chi connectivity index (χ0) is 8.91. The fraction of sp³-hybridized carbons (Fsp3) is 0.750. The Kier molecular flexibility index (Phi) is 3.79. The molecule has 3 nitrogen and oxygen atoms in total. The molecule has 0 amide bonds. The van der Waals surface area contributed by atoms with Gasteiger partial charge in [0, 0.05) is 0 Å². The van der Waals surface area contributed by atoms with Crippen molar-refractivity contribution in [3.8, 4) is 0 Å². The summed E-state index contributed by atoms with van der Waals surface area (Å²) in [5.41, 5.74) is -0.0431. The second kappa shape index (κ2) is 4.11. The van der Waals surface area contributed by atoms with Gasteiger partial charge < -0.3 is 4.74 Å². The molecule has 0 spiro atoms. The molecule has 0 aliphatic rings. The molecule has 11 heavy (non-hydrogen) atoms. The van der Waals surface area contributed by atoms with Crippen molar-refractivity contribution < 1.29 is 14.3 Å². The van der Waals surface area contributed by atoms with E-state index >= 15 is 0 Å². The minimum atomic E-state index is -0.505. The number of hydrogen-bond donors (Lipinski definition) is 0. The van der Waals surface area contributed by atoms with Crippen LogP contribution in [0.1, 0.15) is 27.2 Å². The maximum absolute atomic E-state index is 10.6. The Morgan fingerprint density at radius 3 is 2.36 bits per heavy atom. The van der Waals surface area contributed by atoms with E-state index < -0.39 is 5.97 Å². The van der Waals surface area contributed by atoms with Gasteiger partial charge in [0.05, 0.1) is 6.61 Å². The minimum Gasteiger partial charge on any atom is -0.465 e. The molecule has 0 heterocycles. The lowest BCUT2D eigenvalue weighted by molar-refractivity contribution is -0.144. The van der Waals surface area contributed by atoms with Crippen LogP contribution in [0.4, 0.5) is 0 Å². The standard InChI is InChI=1S/C8H13O3/c1-8(2,3)6-11-7(10)4-5-9/h4,6H2,1-3H3. The lowest BCUT2D eigenvalue weighted by Gasteiger charge is -2.16. The summed E-state index contributed by atoms with van der Waals surface area (Å²) in [5, 5.41) is 0. The van der Waals surface area contributed by atoms with Gasteiger partial charge in [0.2, 0.25) is 6.29 Å². The van der Waals surface area contributed by atoms with Crippen LogP contribution < -0.4 is 0 Å². The van der Waals surface area contributed by atoms with E-state index in [1.165, 1.54) is 6.29 Å². The van der Waals surface area contributed by atoms with Crippen LogP contribution in [0.3, 0.4) is 0 Å². The van der Waals surface area contributed by atoms with E-state index in [0.29, 0.717) is 6.61 Å². The first-order valence-corrected chi connectivity index (χ1v) is 3.46. The van der Waals surface area contributed by atoms with E-state index in [1.54, 1.807) is 0 Å². The summed E-state index contributed by atoms with van der Waals surface area (Å²) in [6.45, 7) is 6.19. The van der Waals surface area contributed by atoms with E-state index in [-0.39, 0.29) is 11.8 Å². The van der Waals surface area contributed by atoms with Gasteiger partial charge in [-0.05, 0) is 5.41 Å². The van der Waals surface area contributed by atoms with Crippen LogP contribution in [0.2, 0.25) is 0 Å². The highest BCUT2D eigenvalue weighted by Gasteiger charge is 2.13. The summed E-state index contributed by atoms with van der Waals surface area (Å²) in [6.07, 6.45) is 1.21. The highest BCUT2D eigenvalue weighted by molar-refractivity contribution is 5.83. The van der Waals surface area contributed by atoms with Crippen LogP contribution in [0.15, 0.2) is 0 Å². The summed E-state index contributed by atoms with van der Waals surface area (Å²) < 4.78 is 4.75. The van der Waals surface area contributed by atoms with Gasteiger partial charge in [-0.15, -0.1) is 0 Å². The van der Waals surface area contributed by atoms with Crippen molar-refractivity contribution in [3.63, 3.8) is 0 Å². The van der Waals surface area contributed by atoms with Gasteiger partial charge in [-0.25, -0.2) is 0 Å². The van der Waals surface area contributed by atoms with Gasteiger partial charge >= 0.3 is 5.97 Å². The van der Waals surface area contributed by atoms with Crippen LogP contribution in [-0.4, -0.2) is 18.9 Å². The first-order chi connectivity index (χ1) is 4.95. The molecule has 0 aliphatic heterocycles. The number of esters is 1. The van der Waals surface area contributed by atoms with Crippen LogP contribution in [-0.2, 0) is 14.3 Å². The molecule has 0 saturated carbocycles. The molecule has 0 atom stereocenters. The lowest BCUT2D eigenvalue weighted by atomic mass is 9.99. The monoisotopic (exact) mass is 157 g/mol. The Morgan fingerprint density at radius 2 is 2.00 bits per heavy atom. The Bertz CT molecular complexity index is 144. The van der Waals surface area contributed by atoms with Gasteiger partial charge in [0.15, 0.2) is 0 Å². The van der Waals surface area contributed by atoms with Crippen LogP contribution in [0.25, 0.3) is 0 Å². The summed E-state index contributed by atoms with van der Waals surface area (Å²) in [6, 6.07) is 0. The van der Waals surface area contributed by atoms with Crippen LogP contribution in [0.5, 0.6) is 0 Å². The number of hydrogen-bond acceptors (Lipinski definition) is 3. The number of carbonyl (C=O) groups excluding carboxylic acids is 2. The molecule has 0 aromatic heterocycles. The third kappa shape index (κ3) is 7.03. The van der Waals surface area contributed by atoms with Crippen molar-refractivity contribution in [2.75, 3.05) is 6.61 Å².